The average Bonchev–Trinajstić information content (AvgIpc) is 3.37. The number of ether oxygens (including phenoxy) is 2. The van der Waals surface area contributed by atoms with E-state index in [1.165, 1.54) is 6.92 Å². The van der Waals surface area contributed by atoms with Gasteiger partial charge >= 0.3 is 0 Å². The molecule has 1 aromatic heterocycles. The molecule has 0 aliphatic carbocycles. The smallest absolute Gasteiger partial charge is 0.246 e. The molecule has 9 heteroatoms. The fourth-order valence-corrected chi connectivity index (χ4v) is 4.03. The SMILES string of the molecule is COc1ccc(C=CC(=O)N2CCCC(c3nc(-c4ccc(NC(C)=O)cc4)no3)C2)cc1OC. The minimum Gasteiger partial charge on any atom is -0.493 e. The molecular weight excluding hydrogens is 448 g/mol. The molecule has 1 saturated heterocycles. The van der Waals surface area contributed by atoms with Crippen LogP contribution in [0.25, 0.3) is 17.5 Å². The summed E-state index contributed by atoms with van der Waals surface area (Å²) in [7, 11) is 3.16. The first-order valence-corrected chi connectivity index (χ1v) is 11.4. The van der Waals surface area contributed by atoms with E-state index in [-0.39, 0.29) is 17.7 Å². The van der Waals surface area contributed by atoms with Crippen molar-refractivity contribution in [1.82, 2.24) is 15.0 Å². The minimum atomic E-state index is -0.130. The number of methoxy groups -OCH3 is 2. The molecule has 1 aliphatic heterocycles. The third-order valence-electron chi connectivity index (χ3n) is 5.81. The van der Waals surface area contributed by atoms with Gasteiger partial charge in [0.1, 0.15) is 0 Å². The molecule has 0 saturated carbocycles. The number of carbonyl (C=O) groups is 2. The summed E-state index contributed by atoms with van der Waals surface area (Å²) in [6.45, 7) is 2.65. The second-order valence-corrected chi connectivity index (χ2v) is 8.29. The minimum absolute atomic E-state index is 0.0258. The van der Waals surface area contributed by atoms with Gasteiger partial charge in [0.05, 0.1) is 20.1 Å². The second-order valence-electron chi connectivity index (χ2n) is 8.29. The summed E-state index contributed by atoms with van der Waals surface area (Å²) in [5, 5.41) is 6.84. The van der Waals surface area contributed by atoms with Gasteiger partial charge < -0.3 is 24.2 Å². The summed E-state index contributed by atoms with van der Waals surface area (Å²) in [6.07, 6.45) is 5.05. The van der Waals surface area contributed by atoms with Gasteiger partial charge in [0.2, 0.25) is 23.5 Å². The van der Waals surface area contributed by atoms with Crippen LogP contribution in [0.1, 0.15) is 37.1 Å². The summed E-state index contributed by atoms with van der Waals surface area (Å²) in [6, 6.07) is 12.7. The van der Waals surface area contributed by atoms with E-state index in [4.69, 9.17) is 14.0 Å². The Hall–Kier alpha value is -4.14. The molecule has 2 aromatic carbocycles. The molecule has 0 spiro atoms. The molecular formula is C26H28N4O5. The normalized spacial score (nSPS) is 15.7. The maximum Gasteiger partial charge on any atom is 0.246 e. The fourth-order valence-electron chi connectivity index (χ4n) is 4.03. The first-order chi connectivity index (χ1) is 17.0. The Morgan fingerprint density at radius 3 is 2.60 bits per heavy atom. The number of benzene rings is 2. The Morgan fingerprint density at radius 2 is 1.89 bits per heavy atom. The molecule has 3 aromatic rings. The molecule has 0 radical (unpaired) electrons. The Balaban J connectivity index is 1.40. The number of nitrogens with one attached hydrogen (secondary N) is 1. The second kappa shape index (κ2) is 10.9. The van der Waals surface area contributed by atoms with E-state index >= 15 is 0 Å². The van der Waals surface area contributed by atoms with E-state index in [0.717, 1.165) is 24.0 Å². The topological polar surface area (TPSA) is 107 Å². The number of carbonyl (C=O) groups excluding carboxylic acids is 2. The van der Waals surface area contributed by atoms with Crippen LogP contribution < -0.4 is 14.8 Å². The lowest BCUT2D eigenvalue weighted by Gasteiger charge is -2.30. The number of likely N-dealkylation sites (tertiary alicyclic amines) is 1. The van der Waals surface area contributed by atoms with Crippen molar-refractivity contribution in [2.75, 3.05) is 32.6 Å². The van der Waals surface area contributed by atoms with Crippen LogP contribution in [0.4, 0.5) is 5.69 Å². The van der Waals surface area contributed by atoms with Crippen molar-refractivity contribution in [2.24, 2.45) is 0 Å². The molecule has 2 amide bonds. The van der Waals surface area contributed by atoms with Crippen LogP contribution >= 0.6 is 0 Å². The predicted molar refractivity (Wildman–Crippen MR) is 131 cm³/mol. The molecule has 1 unspecified atom stereocenters. The molecule has 1 fully saturated rings. The van der Waals surface area contributed by atoms with E-state index in [2.05, 4.69) is 15.5 Å². The third-order valence-corrected chi connectivity index (χ3v) is 5.81. The number of nitrogens with zero attached hydrogens (tertiary/aromatic N) is 3. The Bertz CT molecular complexity index is 1220. The third kappa shape index (κ3) is 5.87. The standard InChI is InChI=1S/C26H28N4O5/c1-17(31)27-21-10-8-19(9-11-21)25-28-26(35-29-25)20-5-4-14-30(16-20)24(32)13-7-18-6-12-22(33-2)23(15-18)34-3/h6-13,15,20H,4-5,14,16H2,1-3H3,(H,27,31). The van der Waals surface area contributed by atoms with Crippen LogP contribution in [0.2, 0.25) is 0 Å². The van der Waals surface area contributed by atoms with E-state index in [9.17, 15) is 9.59 Å². The van der Waals surface area contributed by atoms with Gasteiger partial charge in [-0.25, -0.2) is 0 Å². The van der Waals surface area contributed by atoms with E-state index in [0.29, 0.717) is 42.0 Å². The van der Waals surface area contributed by atoms with Gasteiger partial charge in [-0.2, -0.15) is 4.98 Å². The highest BCUT2D eigenvalue weighted by molar-refractivity contribution is 5.92. The first-order valence-electron chi connectivity index (χ1n) is 11.4. The van der Waals surface area contributed by atoms with Crippen molar-refractivity contribution in [3.63, 3.8) is 0 Å². The van der Waals surface area contributed by atoms with Crippen molar-refractivity contribution >= 4 is 23.6 Å². The van der Waals surface area contributed by atoms with Gasteiger partial charge in [-0.1, -0.05) is 11.2 Å². The number of anilines is 1. The number of piperidine rings is 1. The van der Waals surface area contributed by atoms with E-state index < -0.39 is 0 Å². The fraction of sp³-hybridized carbons (Fsp3) is 0.308. The Morgan fingerprint density at radius 1 is 1.11 bits per heavy atom. The van der Waals surface area contributed by atoms with Crippen molar-refractivity contribution in [1.29, 1.82) is 0 Å². The molecule has 1 N–H and O–H groups in total. The van der Waals surface area contributed by atoms with Gasteiger partial charge in [-0.3, -0.25) is 9.59 Å². The summed E-state index contributed by atoms with van der Waals surface area (Å²) < 4.78 is 16.1. The van der Waals surface area contributed by atoms with Gasteiger partial charge in [0, 0.05) is 37.3 Å². The predicted octanol–water partition coefficient (Wildman–Crippen LogP) is 4.13. The molecule has 9 nitrogen and oxygen atoms in total. The van der Waals surface area contributed by atoms with Gasteiger partial charge in [-0.15, -0.1) is 0 Å². The summed E-state index contributed by atoms with van der Waals surface area (Å²) in [5.74, 6) is 2.02. The summed E-state index contributed by atoms with van der Waals surface area (Å²) in [4.78, 5) is 30.4. The zero-order valence-electron chi connectivity index (χ0n) is 20.0. The molecule has 1 atom stereocenters. The van der Waals surface area contributed by atoms with Crippen LogP contribution in [-0.2, 0) is 9.59 Å². The lowest BCUT2D eigenvalue weighted by molar-refractivity contribution is -0.127. The van der Waals surface area contributed by atoms with Crippen LogP contribution in [0.15, 0.2) is 53.1 Å². The van der Waals surface area contributed by atoms with E-state index in [1.807, 2.05) is 24.3 Å². The van der Waals surface area contributed by atoms with Crippen LogP contribution in [0, 0.1) is 0 Å². The number of amides is 2. The molecule has 182 valence electrons. The average molecular weight is 477 g/mol. The van der Waals surface area contributed by atoms with Gasteiger partial charge in [0.15, 0.2) is 11.5 Å². The number of hydrogen-bond acceptors (Lipinski definition) is 7. The van der Waals surface area contributed by atoms with Crippen molar-refractivity contribution in [2.45, 2.75) is 25.7 Å². The largest absolute Gasteiger partial charge is 0.493 e. The highest BCUT2D eigenvalue weighted by Gasteiger charge is 2.28. The number of hydrogen-bond donors (Lipinski definition) is 1. The number of rotatable bonds is 7. The monoisotopic (exact) mass is 476 g/mol. The number of aromatic nitrogens is 2. The van der Waals surface area contributed by atoms with Gasteiger partial charge in [0.25, 0.3) is 0 Å². The van der Waals surface area contributed by atoms with Gasteiger partial charge in [-0.05, 0) is 60.9 Å². The maximum atomic E-state index is 12.8. The molecule has 4 rings (SSSR count). The summed E-state index contributed by atoms with van der Waals surface area (Å²) >= 11 is 0. The van der Waals surface area contributed by atoms with Crippen LogP contribution in [0.3, 0.4) is 0 Å². The van der Waals surface area contributed by atoms with Crippen molar-refractivity contribution in [3.8, 4) is 22.9 Å². The molecule has 1 aliphatic rings. The quantitative estimate of drug-likeness (QED) is 0.511. The highest BCUT2D eigenvalue weighted by Crippen LogP contribution is 2.29. The molecule has 0 bridgehead atoms. The van der Waals surface area contributed by atoms with Crippen LogP contribution in [0.5, 0.6) is 11.5 Å². The Kier molecular flexibility index (Phi) is 7.45. The Labute approximate surface area is 203 Å². The van der Waals surface area contributed by atoms with Crippen LogP contribution in [-0.4, -0.2) is 54.2 Å². The summed E-state index contributed by atoms with van der Waals surface area (Å²) in [5.41, 5.74) is 2.33. The van der Waals surface area contributed by atoms with E-state index in [1.54, 1.807) is 49.5 Å². The maximum absolute atomic E-state index is 12.8. The first kappa shape index (κ1) is 24.0. The molecule has 35 heavy (non-hydrogen) atoms. The lowest BCUT2D eigenvalue weighted by atomic mass is 9.98. The highest BCUT2D eigenvalue weighted by atomic mass is 16.5. The van der Waals surface area contributed by atoms with Crippen molar-refractivity contribution < 1.29 is 23.6 Å². The zero-order valence-corrected chi connectivity index (χ0v) is 20.0. The molecule has 2 heterocycles. The lowest BCUT2D eigenvalue weighted by Crippen LogP contribution is -2.38. The zero-order chi connectivity index (χ0) is 24.8. The van der Waals surface area contributed by atoms with Crippen molar-refractivity contribution in [3.05, 3.63) is 60.0 Å².